The van der Waals surface area contributed by atoms with Gasteiger partial charge < -0.3 is 15.4 Å². The molecule has 0 heterocycles. The lowest BCUT2D eigenvalue weighted by molar-refractivity contribution is -0.150. The molecule has 1 atom stereocenters. The average molecular weight is 530 g/mol. The number of hydrogen-bond donors (Lipinski definition) is 2. The highest BCUT2D eigenvalue weighted by molar-refractivity contribution is 7.89. The van der Waals surface area contributed by atoms with Crippen molar-refractivity contribution in [3.05, 3.63) is 58.1 Å². The zero-order valence-corrected chi connectivity index (χ0v) is 21.3. The SMILES string of the molecule is CC(C)C(NC(=O)c1ccccc1Cl)C(=O)OCC(=O)Nc1cc(S(=O)(=O)N(C)C)ccc1Cl. The maximum Gasteiger partial charge on any atom is 0.329 e. The number of amides is 2. The van der Waals surface area contributed by atoms with E-state index >= 15 is 0 Å². The second-order valence-electron chi connectivity index (χ2n) is 7.76. The van der Waals surface area contributed by atoms with Crippen LogP contribution in [0.5, 0.6) is 0 Å². The number of benzene rings is 2. The fourth-order valence-corrected chi connectivity index (χ4v) is 4.06. The summed E-state index contributed by atoms with van der Waals surface area (Å²) >= 11 is 12.1. The fourth-order valence-electron chi connectivity index (χ4n) is 2.75. The van der Waals surface area contributed by atoms with Crippen LogP contribution in [-0.2, 0) is 24.3 Å². The van der Waals surface area contributed by atoms with E-state index in [0.29, 0.717) is 0 Å². The molecule has 184 valence electrons. The first-order valence-corrected chi connectivity index (χ1v) is 12.3. The van der Waals surface area contributed by atoms with Crippen LogP contribution in [0.25, 0.3) is 0 Å². The first-order chi connectivity index (χ1) is 15.8. The van der Waals surface area contributed by atoms with Crippen LogP contribution in [0, 0.1) is 5.92 Å². The fraction of sp³-hybridized carbons (Fsp3) is 0.318. The molecule has 0 aliphatic rings. The first kappa shape index (κ1) is 27.6. The van der Waals surface area contributed by atoms with Crippen LogP contribution in [-0.4, -0.2) is 57.3 Å². The molecule has 0 aromatic heterocycles. The van der Waals surface area contributed by atoms with E-state index in [1.54, 1.807) is 32.0 Å². The Labute approximate surface area is 208 Å². The Kier molecular flexibility index (Phi) is 9.45. The van der Waals surface area contributed by atoms with E-state index in [2.05, 4.69) is 10.6 Å². The molecule has 0 aliphatic heterocycles. The number of hydrogen-bond acceptors (Lipinski definition) is 6. The predicted molar refractivity (Wildman–Crippen MR) is 129 cm³/mol. The van der Waals surface area contributed by atoms with Crippen LogP contribution in [0.2, 0.25) is 10.0 Å². The van der Waals surface area contributed by atoms with Gasteiger partial charge in [-0.15, -0.1) is 0 Å². The Balaban J connectivity index is 2.05. The molecule has 9 nitrogen and oxygen atoms in total. The monoisotopic (exact) mass is 529 g/mol. The number of carbonyl (C=O) groups is 3. The number of carbonyl (C=O) groups excluding carboxylic acids is 3. The van der Waals surface area contributed by atoms with Gasteiger partial charge in [0.05, 0.1) is 26.2 Å². The maximum atomic E-state index is 12.6. The minimum absolute atomic E-state index is 0.0399. The summed E-state index contributed by atoms with van der Waals surface area (Å²) in [6.07, 6.45) is 0. The van der Waals surface area contributed by atoms with Crippen molar-refractivity contribution in [2.75, 3.05) is 26.0 Å². The van der Waals surface area contributed by atoms with Gasteiger partial charge in [-0.25, -0.2) is 17.5 Å². The molecule has 2 amide bonds. The standard InChI is InChI=1S/C22H25Cl2N3O6S/c1-13(2)20(26-21(29)15-7-5-6-8-16(15)23)22(30)33-12-19(28)25-18-11-14(9-10-17(18)24)34(31,32)27(3)4/h5-11,13,20H,12H2,1-4H3,(H,25,28)(H,26,29). The minimum atomic E-state index is -3.75. The van der Waals surface area contributed by atoms with Gasteiger partial charge in [-0.3, -0.25) is 9.59 Å². The van der Waals surface area contributed by atoms with Crippen molar-refractivity contribution in [1.82, 2.24) is 9.62 Å². The molecule has 2 aromatic carbocycles. The summed E-state index contributed by atoms with van der Waals surface area (Å²) in [5.74, 6) is -2.46. The molecule has 0 radical (unpaired) electrons. The first-order valence-electron chi connectivity index (χ1n) is 10.1. The van der Waals surface area contributed by atoms with E-state index in [-0.39, 0.29) is 32.1 Å². The van der Waals surface area contributed by atoms with Gasteiger partial charge in [0, 0.05) is 14.1 Å². The van der Waals surface area contributed by atoms with Crippen LogP contribution in [0.4, 0.5) is 5.69 Å². The van der Waals surface area contributed by atoms with Crippen molar-refractivity contribution in [2.45, 2.75) is 24.8 Å². The van der Waals surface area contributed by atoms with Crippen molar-refractivity contribution in [3.8, 4) is 0 Å². The molecule has 34 heavy (non-hydrogen) atoms. The third-order valence-corrected chi connectivity index (χ3v) is 7.13. The molecule has 0 fully saturated rings. The summed E-state index contributed by atoms with van der Waals surface area (Å²) in [6, 6.07) is 9.18. The van der Waals surface area contributed by atoms with E-state index in [4.69, 9.17) is 27.9 Å². The van der Waals surface area contributed by atoms with Crippen LogP contribution in [0.1, 0.15) is 24.2 Å². The average Bonchev–Trinajstić information content (AvgIpc) is 2.77. The van der Waals surface area contributed by atoms with E-state index in [0.717, 1.165) is 4.31 Å². The summed E-state index contributed by atoms with van der Waals surface area (Å²) in [6.45, 7) is 2.73. The van der Waals surface area contributed by atoms with E-state index < -0.39 is 40.5 Å². The van der Waals surface area contributed by atoms with Crippen LogP contribution < -0.4 is 10.6 Å². The topological polar surface area (TPSA) is 122 Å². The number of nitrogens with one attached hydrogen (secondary N) is 2. The molecule has 0 saturated carbocycles. The molecule has 0 aliphatic carbocycles. The largest absolute Gasteiger partial charge is 0.454 e. The zero-order chi connectivity index (χ0) is 25.6. The number of esters is 1. The van der Waals surface area contributed by atoms with Crippen molar-refractivity contribution < 1.29 is 27.5 Å². The Morgan fingerprint density at radius 3 is 2.26 bits per heavy atom. The summed E-state index contributed by atoms with van der Waals surface area (Å²) < 4.78 is 30.7. The summed E-state index contributed by atoms with van der Waals surface area (Å²) in [5.41, 5.74) is 0.237. The Hall–Kier alpha value is -2.66. The van der Waals surface area contributed by atoms with Crippen LogP contribution in [0.15, 0.2) is 47.4 Å². The van der Waals surface area contributed by atoms with Gasteiger partial charge in [0.1, 0.15) is 6.04 Å². The van der Waals surface area contributed by atoms with Gasteiger partial charge in [-0.1, -0.05) is 49.2 Å². The second-order valence-corrected chi connectivity index (χ2v) is 10.7. The van der Waals surface area contributed by atoms with Gasteiger partial charge in [0.25, 0.3) is 11.8 Å². The molecule has 0 saturated heterocycles. The molecule has 2 aromatic rings. The molecule has 1 unspecified atom stereocenters. The normalized spacial score (nSPS) is 12.4. The van der Waals surface area contributed by atoms with Crippen molar-refractivity contribution in [2.24, 2.45) is 5.92 Å². The smallest absolute Gasteiger partial charge is 0.329 e. The van der Waals surface area contributed by atoms with Gasteiger partial charge in [-0.05, 0) is 36.2 Å². The Morgan fingerprint density at radius 2 is 1.68 bits per heavy atom. The minimum Gasteiger partial charge on any atom is -0.454 e. The lowest BCUT2D eigenvalue weighted by Crippen LogP contribution is -2.46. The van der Waals surface area contributed by atoms with Gasteiger partial charge in [0.2, 0.25) is 10.0 Å². The number of rotatable bonds is 9. The van der Waals surface area contributed by atoms with Crippen LogP contribution >= 0.6 is 23.2 Å². The quantitative estimate of drug-likeness (QED) is 0.481. The Bertz CT molecular complexity index is 1180. The lowest BCUT2D eigenvalue weighted by Gasteiger charge is -2.21. The van der Waals surface area contributed by atoms with Gasteiger partial charge >= 0.3 is 5.97 Å². The molecule has 0 spiro atoms. The molecule has 2 N–H and O–H groups in total. The number of halogens is 2. The van der Waals surface area contributed by atoms with Crippen molar-refractivity contribution in [3.63, 3.8) is 0 Å². The number of anilines is 1. The second kappa shape index (κ2) is 11.7. The molecular formula is C22H25Cl2N3O6S. The predicted octanol–water partition coefficient (Wildman–Crippen LogP) is 3.18. The summed E-state index contributed by atoms with van der Waals surface area (Å²) in [4.78, 5) is 37.3. The van der Waals surface area contributed by atoms with Crippen molar-refractivity contribution >= 4 is 56.7 Å². The Morgan fingerprint density at radius 1 is 1.03 bits per heavy atom. The molecule has 2 rings (SSSR count). The lowest BCUT2D eigenvalue weighted by atomic mass is 10.0. The molecule has 0 bridgehead atoms. The highest BCUT2D eigenvalue weighted by Gasteiger charge is 2.27. The number of ether oxygens (including phenoxy) is 1. The zero-order valence-electron chi connectivity index (χ0n) is 19.0. The van der Waals surface area contributed by atoms with E-state index in [1.807, 2.05) is 0 Å². The van der Waals surface area contributed by atoms with E-state index in [9.17, 15) is 22.8 Å². The van der Waals surface area contributed by atoms with Crippen molar-refractivity contribution in [1.29, 1.82) is 0 Å². The maximum absolute atomic E-state index is 12.6. The molecule has 12 heteroatoms. The third-order valence-electron chi connectivity index (χ3n) is 4.66. The summed E-state index contributed by atoms with van der Waals surface area (Å²) in [7, 11) is -1.00. The third kappa shape index (κ3) is 6.92. The van der Waals surface area contributed by atoms with Gasteiger partial charge in [0.15, 0.2) is 6.61 Å². The highest BCUT2D eigenvalue weighted by Crippen LogP contribution is 2.26. The molecular weight excluding hydrogens is 505 g/mol. The highest BCUT2D eigenvalue weighted by atomic mass is 35.5. The van der Waals surface area contributed by atoms with Gasteiger partial charge in [-0.2, -0.15) is 0 Å². The number of sulfonamides is 1. The summed E-state index contributed by atoms with van der Waals surface area (Å²) in [5, 5.41) is 5.32. The van der Waals surface area contributed by atoms with Crippen LogP contribution in [0.3, 0.4) is 0 Å². The van der Waals surface area contributed by atoms with E-state index in [1.165, 1.54) is 38.4 Å². The number of nitrogens with zero attached hydrogens (tertiary/aromatic N) is 1.